The maximum Gasteiger partial charge on any atom is 0.225 e. The summed E-state index contributed by atoms with van der Waals surface area (Å²) >= 11 is 0. The summed E-state index contributed by atoms with van der Waals surface area (Å²) in [7, 11) is 3.69. The fraction of sp³-hybridized carbons (Fsp3) is 0.909. The summed E-state index contributed by atoms with van der Waals surface area (Å²) in [6.07, 6.45) is 1.30. The number of hydrogen-bond acceptors (Lipinski definition) is 4. The quantitative estimate of drug-likeness (QED) is 0.707. The van der Waals surface area contributed by atoms with Gasteiger partial charge in [0.2, 0.25) is 5.91 Å². The minimum atomic E-state index is -0.145. The lowest BCUT2D eigenvalue weighted by molar-refractivity contribution is -0.133. The third kappa shape index (κ3) is 4.08. The molecule has 1 fully saturated rings. The summed E-state index contributed by atoms with van der Waals surface area (Å²) in [5.74, 6) is 0.160. The zero-order chi connectivity index (χ0) is 12.0. The molecule has 0 saturated carbocycles. The van der Waals surface area contributed by atoms with E-state index in [1.165, 1.54) is 0 Å². The van der Waals surface area contributed by atoms with E-state index < -0.39 is 0 Å². The van der Waals surface area contributed by atoms with Crippen LogP contribution in [0.25, 0.3) is 0 Å². The molecule has 1 atom stereocenters. The van der Waals surface area contributed by atoms with Gasteiger partial charge < -0.3 is 20.3 Å². The van der Waals surface area contributed by atoms with Crippen LogP contribution in [0.4, 0.5) is 0 Å². The lowest BCUT2D eigenvalue weighted by Gasteiger charge is -2.22. The second-order valence-electron chi connectivity index (χ2n) is 4.34. The van der Waals surface area contributed by atoms with Crippen molar-refractivity contribution in [3.05, 3.63) is 0 Å². The van der Waals surface area contributed by atoms with Crippen molar-refractivity contribution in [2.75, 3.05) is 46.9 Å². The van der Waals surface area contributed by atoms with Crippen LogP contribution in [0.15, 0.2) is 0 Å². The molecule has 0 aromatic carbocycles. The van der Waals surface area contributed by atoms with E-state index in [0.717, 1.165) is 32.6 Å². The number of ether oxygens (including phenoxy) is 1. The zero-order valence-corrected chi connectivity index (χ0v) is 10.3. The van der Waals surface area contributed by atoms with Gasteiger partial charge in [0, 0.05) is 33.3 Å². The third-order valence-corrected chi connectivity index (χ3v) is 3.07. The molecule has 1 heterocycles. The first kappa shape index (κ1) is 13.4. The standard InChI is InChI=1S/C11H23N3O2/c1-13-4-3-5-14(7-6-13)11(15)8-10(9-12)16-2/h10H,3-9,12H2,1-2H3. The molecule has 1 aliphatic heterocycles. The molecule has 1 amide bonds. The fourth-order valence-electron chi connectivity index (χ4n) is 1.88. The number of hydrogen-bond donors (Lipinski definition) is 1. The average Bonchev–Trinajstić information content (AvgIpc) is 2.50. The van der Waals surface area contributed by atoms with E-state index in [1.807, 2.05) is 4.90 Å². The molecule has 1 unspecified atom stereocenters. The van der Waals surface area contributed by atoms with Crippen molar-refractivity contribution in [1.29, 1.82) is 0 Å². The van der Waals surface area contributed by atoms with Gasteiger partial charge in [-0.2, -0.15) is 0 Å². The molecule has 0 aliphatic carbocycles. The monoisotopic (exact) mass is 229 g/mol. The van der Waals surface area contributed by atoms with Gasteiger partial charge in [0.1, 0.15) is 0 Å². The minimum absolute atomic E-state index is 0.145. The second kappa shape index (κ2) is 6.83. The summed E-state index contributed by atoms with van der Waals surface area (Å²) in [6.45, 7) is 4.08. The van der Waals surface area contributed by atoms with Crippen LogP contribution < -0.4 is 5.73 Å². The van der Waals surface area contributed by atoms with Gasteiger partial charge in [-0.3, -0.25) is 4.79 Å². The highest BCUT2D eigenvalue weighted by atomic mass is 16.5. The minimum Gasteiger partial charge on any atom is -0.380 e. The van der Waals surface area contributed by atoms with E-state index in [4.69, 9.17) is 10.5 Å². The number of nitrogens with two attached hydrogens (primary N) is 1. The fourth-order valence-corrected chi connectivity index (χ4v) is 1.88. The van der Waals surface area contributed by atoms with Gasteiger partial charge in [-0.05, 0) is 20.0 Å². The highest BCUT2D eigenvalue weighted by Crippen LogP contribution is 2.06. The highest BCUT2D eigenvalue weighted by Gasteiger charge is 2.20. The van der Waals surface area contributed by atoms with Crippen molar-refractivity contribution in [3.63, 3.8) is 0 Å². The molecular weight excluding hydrogens is 206 g/mol. The molecule has 2 N–H and O–H groups in total. The highest BCUT2D eigenvalue weighted by molar-refractivity contribution is 5.76. The van der Waals surface area contributed by atoms with Gasteiger partial charge >= 0.3 is 0 Å². The van der Waals surface area contributed by atoms with Gasteiger partial charge in [-0.1, -0.05) is 0 Å². The predicted octanol–water partition coefficient (Wildman–Crippen LogP) is -0.486. The van der Waals surface area contributed by atoms with E-state index in [-0.39, 0.29) is 12.0 Å². The number of rotatable bonds is 4. The number of amides is 1. The van der Waals surface area contributed by atoms with Crippen LogP contribution in [-0.4, -0.2) is 68.7 Å². The first-order valence-corrected chi connectivity index (χ1v) is 5.86. The molecule has 0 aromatic rings. The van der Waals surface area contributed by atoms with Crippen LogP contribution in [0.5, 0.6) is 0 Å². The molecule has 94 valence electrons. The van der Waals surface area contributed by atoms with Gasteiger partial charge in [0.15, 0.2) is 0 Å². The lowest BCUT2D eigenvalue weighted by Crippen LogP contribution is -2.38. The number of nitrogens with zero attached hydrogens (tertiary/aromatic N) is 2. The van der Waals surface area contributed by atoms with Crippen LogP contribution in [-0.2, 0) is 9.53 Å². The summed E-state index contributed by atoms with van der Waals surface area (Å²) in [5.41, 5.74) is 5.51. The molecule has 1 rings (SSSR count). The lowest BCUT2D eigenvalue weighted by atomic mass is 10.2. The Balaban J connectivity index is 2.40. The van der Waals surface area contributed by atoms with E-state index in [2.05, 4.69) is 11.9 Å². The molecule has 0 bridgehead atoms. The first-order valence-electron chi connectivity index (χ1n) is 5.86. The molecule has 1 aliphatic rings. The van der Waals surface area contributed by atoms with E-state index in [1.54, 1.807) is 7.11 Å². The van der Waals surface area contributed by atoms with E-state index in [0.29, 0.717) is 13.0 Å². The smallest absolute Gasteiger partial charge is 0.225 e. The number of carbonyl (C=O) groups is 1. The third-order valence-electron chi connectivity index (χ3n) is 3.07. The average molecular weight is 229 g/mol. The molecule has 0 aromatic heterocycles. The predicted molar refractivity (Wildman–Crippen MR) is 63.2 cm³/mol. The summed E-state index contributed by atoms with van der Waals surface area (Å²) < 4.78 is 5.13. The Bertz CT molecular complexity index is 219. The van der Waals surface area contributed by atoms with Gasteiger partial charge in [-0.15, -0.1) is 0 Å². The molecule has 5 heteroatoms. The maximum absolute atomic E-state index is 12.0. The summed E-state index contributed by atoms with van der Waals surface area (Å²) in [4.78, 5) is 16.1. The van der Waals surface area contributed by atoms with Crippen molar-refractivity contribution in [2.24, 2.45) is 5.73 Å². The normalized spacial score (nSPS) is 20.6. The van der Waals surface area contributed by atoms with Crippen LogP contribution in [0.1, 0.15) is 12.8 Å². The van der Waals surface area contributed by atoms with Crippen LogP contribution in [0.2, 0.25) is 0 Å². The molecule has 0 spiro atoms. The van der Waals surface area contributed by atoms with Crippen molar-refractivity contribution in [1.82, 2.24) is 9.80 Å². The Hall–Kier alpha value is -0.650. The molecule has 16 heavy (non-hydrogen) atoms. The Morgan fingerprint density at radius 2 is 2.12 bits per heavy atom. The number of methoxy groups -OCH3 is 1. The van der Waals surface area contributed by atoms with Crippen molar-refractivity contribution >= 4 is 5.91 Å². The van der Waals surface area contributed by atoms with Crippen LogP contribution in [0.3, 0.4) is 0 Å². The largest absolute Gasteiger partial charge is 0.380 e. The van der Waals surface area contributed by atoms with Crippen molar-refractivity contribution in [3.8, 4) is 0 Å². The Morgan fingerprint density at radius 1 is 1.38 bits per heavy atom. The summed E-state index contributed by atoms with van der Waals surface area (Å²) in [5, 5.41) is 0. The molecular formula is C11H23N3O2. The van der Waals surface area contributed by atoms with Gasteiger partial charge in [0.25, 0.3) is 0 Å². The van der Waals surface area contributed by atoms with Crippen LogP contribution in [0, 0.1) is 0 Å². The van der Waals surface area contributed by atoms with Crippen LogP contribution >= 0.6 is 0 Å². The SMILES string of the molecule is COC(CN)CC(=O)N1CCCN(C)CC1. The molecule has 0 radical (unpaired) electrons. The molecule has 1 saturated heterocycles. The maximum atomic E-state index is 12.0. The number of carbonyl (C=O) groups excluding carboxylic acids is 1. The molecule has 5 nitrogen and oxygen atoms in total. The Morgan fingerprint density at radius 3 is 2.75 bits per heavy atom. The summed E-state index contributed by atoms with van der Waals surface area (Å²) in [6, 6.07) is 0. The Kier molecular flexibility index (Phi) is 5.73. The topological polar surface area (TPSA) is 58.8 Å². The first-order chi connectivity index (χ1) is 7.67. The zero-order valence-electron chi connectivity index (χ0n) is 10.3. The number of likely N-dealkylation sites (N-methyl/N-ethyl adjacent to an activating group) is 1. The van der Waals surface area contributed by atoms with Crippen molar-refractivity contribution in [2.45, 2.75) is 18.9 Å². The van der Waals surface area contributed by atoms with Gasteiger partial charge in [0.05, 0.1) is 12.5 Å². The van der Waals surface area contributed by atoms with Gasteiger partial charge in [-0.25, -0.2) is 0 Å². The second-order valence-corrected chi connectivity index (χ2v) is 4.34. The van der Waals surface area contributed by atoms with E-state index in [9.17, 15) is 4.79 Å². The Labute approximate surface area is 97.5 Å². The van der Waals surface area contributed by atoms with Crippen molar-refractivity contribution < 1.29 is 9.53 Å². The van der Waals surface area contributed by atoms with E-state index >= 15 is 0 Å².